The lowest BCUT2D eigenvalue weighted by Crippen LogP contribution is -2.56. The van der Waals surface area contributed by atoms with Crippen molar-refractivity contribution in [3.05, 3.63) is 71.8 Å². The topological polar surface area (TPSA) is 44.8 Å². The van der Waals surface area contributed by atoms with E-state index in [9.17, 15) is 4.79 Å². The summed E-state index contributed by atoms with van der Waals surface area (Å²) in [6.07, 6.45) is 0. The standard InChI is InChI=1S/C20H26O4Si/c1-4-22-25(23-5-2,24-6-3)20(21)19(17-13-9-7-10-14-17)18-15-11-8-12-16-18/h7-16,19H,4-6H2,1-3H3. The highest BCUT2D eigenvalue weighted by atomic mass is 28.4. The first-order valence-electron chi connectivity index (χ1n) is 8.74. The van der Waals surface area contributed by atoms with Crippen LogP contribution in [0.5, 0.6) is 0 Å². The van der Waals surface area contributed by atoms with Crippen LogP contribution in [0, 0.1) is 0 Å². The largest absolute Gasteiger partial charge is 0.575 e. The van der Waals surface area contributed by atoms with Crippen LogP contribution in [-0.2, 0) is 18.1 Å². The highest BCUT2D eigenvalue weighted by Crippen LogP contribution is 2.30. The molecule has 134 valence electrons. The van der Waals surface area contributed by atoms with Crippen molar-refractivity contribution >= 4 is 14.2 Å². The quantitative estimate of drug-likeness (QED) is 0.603. The van der Waals surface area contributed by atoms with Gasteiger partial charge in [-0.05, 0) is 31.9 Å². The smallest absolute Gasteiger partial charge is 0.369 e. The molecule has 0 unspecified atom stereocenters. The van der Waals surface area contributed by atoms with Crippen molar-refractivity contribution < 1.29 is 18.1 Å². The third kappa shape index (κ3) is 4.64. The molecule has 0 fully saturated rings. The first-order valence-corrected chi connectivity index (χ1v) is 10.5. The van der Waals surface area contributed by atoms with Crippen molar-refractivity contribution in [3.8, 4) is 0 Å². The van der Waals surface area contributed by atoms with E-state index in [0.29, 0.717) is 19.8 Å². The molecule has 25 heavy (non-hydrogen) atoms. The molecule has 0 spiro atoms. The minimum atomic E-state index is -3.47. The van der Waals surface area contributed by atoms with Crippen molar-refractivity contribution in [2.75, 3.05) is 19.8 Å². The van der Waals surface area contributed by atoms with Crippen LogP contribution < -0.4 is 0 Å². The van der Waals surface area contributed by atoms with Gasteiger partial charge in [0.2, 0.25) is 5.41 Å². The number of benzene rings is 2. The zero-order chi connectivity index (χ0) is 18.1. The monoisotopic (exact) mass is 358 g/mol. The lowest BCUT2D eigenvalue weighted by molar-refractivity contribution is -0.120. The minimum Gasteiger partial charge on any atom is -0.369 e. The van der Waals surface area contributed by atoms with Gasteiger partial charge in [-0.2, -0.15) is 0 Å². The Morgan fingerprint density at radius 2 is 1.12 bits per heavy atom. The fraction of sp³-hybridized carbons (Fsp3) is 0.350. The molecule has 0 bridgehead atoms. The molecule has 0 amide bonds. The molecular formula is C20H26O4Si. The van der Waals surface area contributed by atoms with Gasteiger partial charge in [0.25, 0.3) is 0 Å². The van der Waals surface area contributed by atoms with Crippen LogP contribution in [0.1, 0.15) is 37.8 Å². The zero-order valence-corrected chi connectivity index (χ0v) is 16.1. The van der Waals surface area contributed by atoms with E-state index in [0.717, 1.165) is 11.1 Å². The van der Waals surface area contributed by atoms with Crippen molar-refractivity contribution in [1.29, 1.82) is 0 Å². The minimum absolute atomic E-state index is 0.115. The number of hydrogen-bond acceptors (Lipinski definition) is 4. The molecule has 2 aromatic carbocycles. The van der Waals surface area contributed by atoms with Crippen LogP contribution in [0.4, 0.5) is 0 Å². The molecule has 0 atom stereocenters. The Balaban J connectivity index is 2.52. The van der Waals surface area contributed by atoms with Gasteiger partial charge in [0, 0.05) is 19.8 Å². The van der Waals surface area contributed by atoms with Crippen LogP contribution in [0.2, 0.25) is 0 Å². The second-order valence-corrected chi connectivity index (χ2v) is 7.95. The maximum atomic E-state index is 13.6. The van der Waals surface area contributed by atoms with E-state index in [1.165, 1.54) is 0 Å². The summed E-state index contributed by atoms with van der Waals surface area (Å²) in [6.45, 7) is 6.67. The molecule has 0 N–H and O–H groups in total. The van der Waals surface area contributed by atoms with E-state index >= 15 is 0 Å². The number of carbonyl (C=O) groups excluding carboxylic acids is 1. The maximum absolute atomic E-state index is 13.6. The second kappa shape index (κ2) is 9.63. The highest BCUT2D eigenvalue weighted by Gasteiger charge is 2.53. The Morgan fingerprint density at radius 1 is 0.760 bits per heavy atom. The Morgan fingerprint density at radius 3 is 1.44 bits per heavy atom. The molecule has 0 aliphatic carbocycles. The van der Waals surface area contributed by atoms with Gasteiger partial charge in [0.05, 0.1) is 5.92 Å². The van der Waals surface area contributed by atoms with E-state index in [-0.39, 0.29) is 5.41 Å². The summed E-state index contributed by atoms with van der Waals surface area (Å²) in [4.78, 5) is 13.6. The summed E-state index contributed by atoms with van der Waals surface area (Å²) in [6, 6.07) is 19.4. The number of hydrogen-bond donors (Lipinski definition) is 0. The van der Waals surface area contributed by atoms with Crippen LogP contribution >= 0.6 is 0 Å². The lowest BCUT2D eigenvalue weighted by Gasteiger charge is -2.30. The average Bonchev–Trinajstić information content (AvgIpc) is 2.64. The molecule has 0 saturated carbocycles. The van der Waals surface area contributed by atoms with Crippen LogP contribution in [-0.4, -0.2) is 34.0 Å². The number of rotatable bonds is 10. The summed E-state index contributed by atoms with van der Waals surface area (Å²) in [5.74, 6) is -0.473. The lowest BCUT2D eigenvalue weighted by atomic mass is 9.92. The van der Waals surface area contributed by atoms with Crippen LogP contribution in [0.3, 0.4) is 0 Å². The Bertz CT molecular complexity index is 589. The highest BCUT2D eigenvalue weighted by molar-refractivity contribution is 6.93. The summed E-state index contributed by atoms with van der Waals surface area (Å²) in [7, 11) is -3.47. The van der Waals surface area contributed by atoms with Gasteiger partial charge in [-0.3, -0.25) is 4.79 Å². The van der Waals surface area contributed by atoms with E-state index in [4.69, 9.17) is 13.3 Å². The van der Waals surface area contributed by atoms with Gasteiger partial charge in [-0.15, -0.1) is 0 Å². The Labute approximate surface area is 151 Å². The summed E-state index contributed by atoms with van der Waals surface area (Å²) < 4.78 is 17.5. The van der Waals surface area contributed by atoms with E-state index in [1.54, 1.807) is 0 Å². The van der Waals surface area contributed by atoms with Crippen LogP contribution in [0.15, 0.2) is 60.7 Å². The number of carbonyl (C=O) groups is 1. The average molecular weight is 359 g/mol. The van der Waals surface area contributed by atoms with E-state index in [2.05, 4.69) is 0 Å². The summed E-state index contributed by atoms with van der Waals surface area (Å²) in [5.41, 5.74) is 1.82. The van der Waals surface area contributed by atoms with Gasteiger partial charge in [-0.25, -0.2) is 0 Å². The van der Waals surface area contributed by atoms with Crippen LogP contribution in [0.25, 0.3) is 0 Å². The normalized spacial score (nSPS) is 11.7. The molecule has 0 aliphatic rings. The molecule has 5 heteroatoms. The summed E-state index contributed by atoms with van der Waals surface area (Å²) >= 11 is 0. The van der Waals surface area contributed by atoms with Gasteiger partial charge in [0.15, 0.2) is 0 Å². The zero-order valence-electron chi connectivity index (χ0n) is 15.1. The Kier molecular flexibility index (Phi) is 7.52. The first kappa shape index (κ1) is 19.5. The Hall–Kier alpha value is -1.79. The van der Waals surface area contributed by atoms with Crippen molar-refractivity contribution in [1.82, 2.24) is 0 Å². The maximum Gasteiger partial charge on any atom is 0.575 e. The van der Waals surface area contributed by atoms with Gasteiger partial charge in [-0.1, -0.05) is 60.7 Å². The molecular weight excluding hydrogens is 332 g/mol. The van der Waals surface area contributed by atoms with E-state index < -0.39 is 14.7 Å². The first-order chi connectivity index (χ1) is 12.2. The van der Waals surface area contributed by atoms with Gasteiger partial charge >= 0.3 is 8.80 Å². The van der Waals surface area contributed by atoms with Crippen molar-refractivity contribution in [2.24, 2.45) is 0 Å². The SMILES string of the molecule is CCO[Si](OCC)(OCC)C(=O)C(c1ccccc1)c1ccccc1. The molecule has 2 aromatic rings. The van der Waals surface area contributed by atoms with Crippen molar-refractivity contribution in [3.63, 3.8) is 0 Å². The molecule has 0 aliphatic heterocycles. The van der Waals surface area contributed by atoms with Gasteiger partial charge in [0.1, 0.15) is 0 Å². The van der Waals surface area contributed by atoms with E-state index in [1.807, 2.05) is 81.4 Å². The summed E-state index contributed by atoms with van der Waals surface area (Å²) in [5, 5.41) is -0.115. The fourth-order valence-electron chi connectivity index (χ4n) is 2.87. The molecule has 0 heterocycles. The predicted octanol–water partition coefficient (Wildman–Crippen LogP) is 3.98. The second-order valence-electron chi connectivity index (χ2n) is 5.47. The van der Waals surface area contributed by atoms with Crippen molar-refractivity contribution in [2.45, 2.75) is 26.7 Å². The molecule has 4 nitrogen and oxygen atoms in total. The third-order valence-corrected chi connectivity index (χ3v) is 6.73. The predicted molar refractivity (Wildman–Crippen MR) is 100 cm³/mol. The molecule has 0 saturated heterocycles. The fourth-order valence-corrected chi connectivity index (χ4v) is 5.38. The molecule has 0 radical (unpaired) electrons. The molecule has 0 aromatic heterocycles. The molecule has 2 rings (SSSR count). The third-order valence-electron chi connectivity index (χ3n) is 3.83. The van der Waals surface area contributed by atoms with Gasteiger partial charge < -0.3 is 13.3 Å².